The maximum absolute atomic E-state index is 6.56. The molecular formula is C51H31N5O. The van der Waals surface area contributed by atoms with Crippen molar-refractivity contribution in [2.75, 3.05) is 0 Å². The summed E-state index contributed by atoms with van der Waals surface area (Å²) in [5.41, 5.74) is 11.0. The third-order valence-corrected chi connectivity index (χ3v) is 11.2. The summed E-state index contributed by atoms with van der Waals surface area (Å²) in [7, 11) is 0. The van der Waals surface area contributed by atoms with Gasteiger partial charge < -0.3 is 8.98 Å². The molecular weight excluding hydrogens is 699 g/mol. The predicted molar refractivity (Wildman–Crippen MR) is 232 cm³/mol. The van der Waals surface area contributed by atoms with Crippen LogP contribution in [-0.2, 0) is 0 Å². The molecule has 6 nitrogen and oxygen atoms in total. The summed E-state index contributed by atoms with van der Waals surface area (Å²) < 4.78 is 11.1. The summed E-state index contributed by atoms with van der Waals surface area (Å²) >= 11 is 0. The summed E-state index contributed by atoms with van der Waals surface area (Å²) in [6.07, 6.45) is 0. The molecule has 0 N–H and O–H groups in total. The van der Waals surface area contributed by atoms with Crippen LogP contribution in [0, 0.1) is 0 Å². The van der Waals surface area contributed by atoms with Crippen molar-refractivity contribution in [1.82, 2.24) is 24.1 Å². The van der Waals surface area contributed by atoms with E-state index < -0.39 is 0 Å². The first-order valence-corrected chi connectivity index (χ1v) is 19.1. The van der Waals surface area contributed by atoms with E-state index in [0.29, 0.717) is 17.6 Å². The number of hydrogen-bond donors (Lipinski definition) is 0. The zero-order valence-corrected chi connectivity index (χ0v) is 30.5. The third-order valence-electron chi connectivity index (χ3n) is 11.2. The normalized spacial score (nSPS) is 11.9. The number of aromatic nitrogens is 5. The molecule has 0 saturated carbocycles. The Labute approximate surface area is 326 Å². The number of fused-ring (bicyclic) bond motifs is 9. The van der Waals surface area contributed by atoms with Crippen LogP contribution in [-0.4, -0.2) is 24.1 Å². The largest absolute Gasteiger partial charge is 0.456 e. The Morgan fingerprint density at radius 2 is 0.842 bits per heavy atom. The molecule has 0 aliphatic carbocycles. The molecule has 12 aromatic rings. The van der Waals surface area contributed by atoms with Crippen LogP contribution in [0.2, 0.25) is 0 Å². The van der Waals surface area contributed by atoms with Gasteiger partial charge in [0.1, 0.15) is 11.2 Å². The SMILES string of the molecule is c1ccc(-c2cccc(-c3nc(-c4ccc5oc6cccc(-n7c8ccccc8c8ccccc87)c6c5c4)nc(-n4c5ccccc5c5ccccc54)n3)c2)cc1. The van der Waals surface area contributed by atoms with E-state index in [2.05, 4.69) is 179 Å². The zero-order chi connectivity index (χ0) is 37.5. The van der Waals surface area contributed by atoms with Gasteiger partial charge in [-0.1, -0.05) is 127 Å². The quantitative estimate of drug-likeness (QED) is 0.177. The number of benzene rings is 8. The molecule has 4 heterocycles. The molecule has 0 amide bonds. The van der Waals surface area contributed by atoms with Crippen molar-refractivity contribution >= 4 is 65.6 Å². The lowest BCUT2D eigenvalue weighted by molar-refractivity contribution is 0.669. The molecule has 0 fully saturated rings. The van der Waals surface area contributed by atoms with Crippen molar-refractivity contribution in [2.24, 2.45) is 0 Å². The van der Waals surface area contributed by atoms with Gasteiger partial charge in [0.15, 0.2) is 11.6 Å². The van der Waals surface area contributed by atoms with Crippen molar-refractivity contribution in [3.63, 3.8) is 0 Å². The van der Waals surface area contributed by atoms with E-state index in [0.717, 1.165) is 82.7 Å². The predicted octanol–water partition coefficient (Wildman–Crippen LogP) is 13.0. The topological polar surface area (TPSA) is 61.7 Å². The lowest BCUT2D eigenvalue weighted by Crippen LogP contribution is -2.06. The van der Waals surface area contributed by atoms with Gasteiger partial charge in [-0.15, -0.1) is 0 Å². The van der Waals surface area contributed by atoms with Crippen molar-refractivity contribution in [2.45, 2.75) is 0 Å². The average Bonchev–Trinajstić information content (AvgIpc) is 3.94. The van der Waals surface area contributed by atoms with E-state index in [4.69, 9.17) is 19.4 Å². The molecule has 0 unspecified atom stereocenters. The second-order valence-corrected chi connectivity index (χ2v) is 14.4. The molecule has 0 aliphatic heterocycles. The van der Waals surface area contributed by atoms with Crippen molar-refractivity contribution in [3.8, 4) is 45.5 Å². The van der Waals surface area contributed by atoms with Gasteiger partial charge in [0.2, 0.25) is 5.95 Å². The highest BCUT2D eigenvalue weighted by molar-refractivity contribution is 6.15. The van der Waals surface area contributed by atoms with E-state index in [1.165, 1.54) is 10.8 Å². The van der Waals surface area contributed by atoms with Gasteiger partial charge in [0, 0.05) is 38.1 Å². The molecule has 0 aliphatic rings. The molecule has 0 saturated heterocycles. The van der Waals surface area contributed by atoms with Gasteiger partial charge in [0.25, 0.3) is 0 Å². The fourth-order valence-electron chi connectivity index (χ4n) is 8.65. The Morgan fingerprint density at radius 3 is 1.47 bits per heavy atom. The molecule has 0 atom stereocenters. The van der Waals surface area contributed by atoms with E-state index in [-0.39, 0.29) is 0 Å². The highest BCUT2D eigenvalue weighted by Crippen LogP contribution is 2.40. The number of hydrogen-bond acceptors (Lipinski definition) is 4. The fourth-order valence-corrected chi connectivity index (χ4v) is 8.65. The lowest BCUT2D eigenvalue weighted by Gasteiger charge is -2.12. The summed E-state index contributed by atoms with van der Waals surface area (Å²) in [6, 6.07) is 65.5. The standard InChI is InChI=1S/C51H31N5O/c1-2-14-32(15-3-1)33-16-12-17-34(30-33)49-52-50(54-51(53-49)56-43-24-10-6-20-38(43)39-21-7-11-25-44(39)56)35-28-29-46-40(31-35)48-45(26-13-27-47(48)57-46)55-41-22-8-4-18-36(41)37-19-5-9-23-42(37)55/h1-31H. The maximum atomic E-state index is 6.56. The number of para-hydroxylation sites is 4. The van der Waals surface area contributed by atoms with Gasteiger partial charge in [-0.3, -0.25) is 4.57 Å². The van der Waals surface area contributed by atoms with Crippen LogP contribution in [0.3, 0.4) is 0 Å². The zero-order valence-electron chi connectivity index (χ0n) is 30.5. The first-order chi connectivity index (χ1) is 28.3. The van der Waals surface area contributed by atoms with Crippen molar-refractivity contribution < 1.29 is 4.42 Å². The highest BCUT2D eigenvalue weighted by Gasteiger charge is 2.21. The molecule has 57 heavy (non-hydrogen) atoms. The molecule has 12 rings (SSSR count). The smallest absolute Gasteiger partial charge is 0.238 e. The number of nitrogens with zero attached hydrogens (tertiary/aromatic N) is 5. The van der Waals surface area contributed by atoms with Crippen LogP contribution in [0.15, 0.2) is 192 Å². The van der Waals surface area contributed by atoms with Crippen LogP contribution in [0.25, 0.3) is 111 Å². The third kappa shape index (κ3) is 4.87. The molecule has 6 heteroatoms. The molecule has 0 spiro atoms. The second kappa shape index (κ2) is 12.3. The van der Waals surface area contributed by atoms with Crippen molar-refractivity contribution in [1.29, 1.82) is 0 Å². The van der Waals surface area contributed by atoms with Crippen molar-refractivity contribution in [3.05, 3.63) is 188 Å². The Morgan fingerprint density at radius 1 is 0.333 bits per heavy atom. The van der Waals surface area contributed by atoms with Gasteiger partial charge >= 0.3 is 0 Å². The molecule has 0 radical (unpaired) electrons. The molecule has 8 aromatic carbocycles. The van der Waals surface area contributed by atoms with Crippen LogP contribution < -0.4 is 0 Å². The van der Waals surface area contributed by atoms with E-state index in [1.54, 1.807) is 0 Å². The number of rotatable bonds is 5. The monoisotopic (exact) mass is 729 g/mol. The summed E-state index contributed by atoms with van der Waals surface area (Å²) in [6.45, 7) is 0. The summed E-state index contributed by atoms with van der Waals surface area (Å²) in [5.74, 6) is 1.73. The van der Waals surface area contributed by atoms with Gasteiger partial charge in [-0.2, -0.15) is 9.97 Å². The van der Waals surface area contributed by atoms with Gasteiger partial charge in [-0.05, 0) is 71.8 Å². The van der Waals surface area contributed by atoms with E-state index in [9.17, 15) is 0 Å². The average molecular weight is 730 g/mol. The Hall–Kier alpha value is -7.83. The highest BCUT2D eigenvalue weighted by atomic mass is 16.3. The van der Waals surface area contributed by atoms with E-state index in [1.807, 2.05) is 18.2 Å². The minimum Gasteiger partial charge on any atom is -0.456 e. The Bertz CT molecular complexity index is 3430. The molecule has 266 valence electrons. The first-order valence-electron chi connectivity index (χ1n) is 19.1. The van der Waals surface area contributed by atoms with Crippen LogP contribution in [0.1, 0.15) is 0 Å². The Balaban J connectivity index is 1.11. The van der Waals surface area contributed by atoms with Gasteiger partial charge in [0.05, 0.1) is 33.1 Å². The second-order valence-electron chi connectivity index (χ2n) is 14.4. The summed E-state index contributed by atoms with van der Waals surface area (Å²) in [4.78, 5) is 15.7. The maximum Gasteiger partial charge on any atom is 0.238 e. The summed E-state index contributed by atoms with van der Waals surface area (Å²) in [5, 5.41) is 6.74. The minimum absolute atomic E-state index is 0.556. The molecule has 0 bridgehead atoms. The van der Waals surface area contributed by atoms with Gasteiger partial charge in [-0.25, -0.2) is 4.98 Å². The first kappa shape index (κ1) is 31.5. The Kier molecular flexibility index (Phi) is 6.83. The minimum atomic E-state index is 0.556. The molecule has 4 aromatic heterocycles. The number of furan rings is 1. The van der Waals surface area contributed by atoms with E-state index >= 15 is 0 Å². The lowest BCUT2D eigenvalue weighted by atomic mass is 10.0. The van der Waals surface area contributed by atoms with Crippen LogP contribution >= 0.6 is 0 Å². The fraction of sp³-hybridized carbons (Fsp3) is 0. The van der Waals surface area contributed by atoms with Crippen LogP contribution in [0.4, 0.5) is 0 Å². The van der Waals surface area contributed by atoms with Crippen LogP contribution in [0.5, 0.6) is 0 Å².